The zero-order valence-corrected chi connectivity index (χ0v) is 13.7. The van der Waals surface area contributed by atoms with Crippen LogP contribution in [-0.4, -0.2) is 20.7 Å². The third-order valence-electron chi connectivity index (χ3n) is 4.26. The monoisotopic (exact) mass is 333 g/mol. The number of esters is 1. The van der Waals surface area contributed by atoms with Gasteiger partial charge < -0.3 is 4.74 Å². The first-order valence-corrected chi connectivity index (χ1v) is 8.38. The van der Waals surface area contributed by atoms with E-state index in [0.29, 0.717) is 11.6 Å². The first-order chi connectivity index (χ1) is 11.2. The molecule has 1 atom stereocenters. The number of nitrogens with zero attached hydrogens (tertiary/aromatic N) is 3. The molecule has 1 unspecified atom stereocenters. The second kappa shape index (κ2) is 7.59. The quantitative estimate of drug-likeness (QED) is 0.781. The number of hydrogen-bond donors (Lipinski definition) is 0. The fourth-order valence-corrected chi connectivity index (χ4v) is 3.09. The normalized spacial score (nSPS) is 16.9. The Morgan fingerprint density at radius 1 is 1.26 bits per heavy atom. The lowest BCUT2D eigenvalue weighted by Gasteiger charge is -2.24. The van der Waals surface area contributed by atoms with Gasteiger partial charge in [0.1, 0.15) is 18.8 Å². The first-order valence-electron chi connectivity index (χ1n) is 8.01. The topological polar surface area (TPSA) is 57.0 Å². The van der Waals surface area contributed by atoms with Crippen molar-refractivity contribution in [3.8, 4) is 0 Å². The molecule has 0 aliphatic heterocycles. The third kappa shape index (κ3) is 4.32. The van der Waals surface area contributed by atoms with Crippen LogP contribution in [0, 0.1) is 5.92 Å². The number of halogens is 1. The van der Waals surface area contributed by atoms with Crippen LogP contribution in [0.25, 0.3) is 0 Å². The van der Waals surface area contributed by atoms with Gasteiger partial charge in [-0.25, -0.2) is 9.67 Å². The lowest BCUT2D eigenvalue weighted by atomic mass is 9.89. The Labute approximate surface area is 140 Å². The van der Waals surface area contributed by atoms with E-state index >= 15 is 0 Å². The number of ether oxygens (including phenoxy) is 1. The minimum absolute atomic E-state index is 0.0225. The highest BCUT2D eigenvalue weighted by atomic mass is 35.5. The van der Waals surface area contributed by atoms with E-state index in [2.05, 4.69) is 10.1 Å². The van der Waals surface area contributed by atoms with E-state index in [1.54, 1.807) is 23.1 Å². The molecule has 0 amide bonds. The molecule has 23 heavy (non-hydrogen) atoms. The summed E-state index contributed by atoms with van der Waals surface area (Å²) in [5.74, 6) is -0.0842. The van der Waals surface area contributed by atoms with Gasteiger partial charge in [-0.2, -0.15) is 5.10 Å². The average Bonchev–Trinajstić information content (AvgIpc) is 3.09. The minimum atomic E-state index is -0.386. The van der Waals surface area contributed by atoms with Gasteiger partial charge in [-0.1, -0.05) is 43.0 Å². The Bertz CT molecular complexity index is 622. The molecule has 1 fully saturated rings. The standard InChI is InChI=1S/C17H20ClN3O2/c18-15-8-6-13(7-9-15)16(10-21-12-19-11-20-21)23-17(22)14-4-2-1-3-5-14/h6-9,11-12,14,16H,1-5,10H2. The largest absolute Gasteiger partial charge is 0.455 e. The maximum atomic E-state index is 12.5. The van der Waals surface area contributed by atoms with Gasteiger partial charge in [0.15, 0.2) is 0 Å². The van der Waals surface area contributed by atoms with E-state index in [1.807, 2.05) is 12.1 Å². The molecule has 1 heterocycles. The second-order valence-electron chi connectivity index (χ2n) is 5.93. The predicted molar refractivity (Wildman–Crippen MR) is 86.9 cm³/mol. The third-order valence-corrected chi connectivity index (χ3v) is 4.51. The van der Waals surface area contributed by atoms with Gasteiger partial charge in [0, 0.05) is 5.02 Å². The molecule has 6 heteroatoms. The van der Waals surface area contributed by atoms with E-state index in [-0.39, 0.29) is 18.0 Å². The Balaban J connectivity index is 1.74. The Hall–Kier alpha value is -1.88. The second-order valence-corrected chi connectivity index (χ2v) is 6.37. The molecular weight excluding hydrogens is 314 g/mol. The summed E-state index contributed by atoms with van der Waals surface area (Å²) in [6, 6.07) is 7.38. The zero-order valence-electron chi connectivity index (χ0n) is 12.9. The SMILES string of the molecule is O=C(OC(Cn1cncn1)c1ccc(Cl)cc1)C1CCCCC1. The van der Waals surface area contributed by atoms with E-state index in [1.165, 1.54) is 12.7 Å². The van der Waals surface area contributed by atoms with Crippen molar-refractivity contribution in [3.05, 3.63) is 47.5 Å². The van der Waals surface area contributed by atoms with Gasteiger partial charge >= 0.3 is 5.97 Å². The molecule has 1 saturated carbocycles. The van der Waals surface area contributed by atoms with Crippen molar-refractivity contribution in [2.45, 2.75) is 44.8 Å². The predicted octanol–water partition coefficient (Wildman–Crippen LogP) is 3.80. The molecule has 3 rings (SSSR count). The number of rotatable bonds is 5. The van der Waals surface area contributed by atoms with Crippen molar-refractivity contribution in [1.82, 2.24) is 14.8 Å². The number of carbonyl (C=O) groups is 1. The van der Waals surface area contributed by atoms with Crippen molar-refractivity contribution < 1.29 is 9.53 Å². The summed E-state index contributed by atoms with van der Waals surface area (Å²) in [5.41, 5.74) is 0.911. The molecule has 0 N–H and O–H groups in total. The van der Waals surface area contributed by atoms with Crippen LogP contribution in [0.1, 0.15) is 43.8 Å². The van der Waals surface area contributed by atoms with E-state index < -0.39 is 0 Å². The average molecular weight is 334 g/mol. The van der Waals surface area contributed by atoms with E-state index in [0.717, 1.165) is 31.2 Å². The summed E-state index contributed by atoms with van der Waals surface area (Å²) in [4.78, 5) is 16.4. The molecular formula is C17H20ClN3O2. The number of hydrogen-bond acceptors (Lipinski definition) is 4. The maximum absolute atomic E-state index is 12.5. The van der Waals surface area contributed by atoms with Crippen molar-refractivity contribution >= 4 is 17.6 Å². The minimum Gasteiger partial charge on any atom is -0.455 e. The molecule has 5 nitrogen and oxygen atoms in total. The van der Waals surface area contributed by atoms with Crippen LogP contribution in [0.2, 0.25) is 5.02 Å². The van der Waals surface area contributed by atoms with Crippen molar-refractivity contribution in [2.75, 3.05) is 0 Å². The maximum Gasteiger partial charge on any atom is 0.309 e. The van der Waals surface area contributed by atoms with Crippen LogP contribution in [0.15, 0.2) is 36.9 Å². The van der Waals surface area contributed by atoms with Crippen LogP contribution in [0.4, 0.5) is 0 Å². The lowest BCUT2D eigenvalue weighted by molar-refractivity contribution is -0.156. The lowest BCUT2D eigenvalue weighted by Crippen LogP contribution is -2.24. The fraction of sp³-hybridized carbons (Fsp3) is 0.471. The highest BCUT2D eigenvalue weighted by Crippen LogP contribution is 2.28. The molecule has 1 aromatic heterocycles. The summed E-state index contributed by atoms with van der Waals surface area (Å²) < 4.78 is 7.49. The van der Waals surface area contributed by atoms with Crippen LogP contribution in [-0.2, 0) is 16.1 Å². The summed E-state index contributed by atoms with van der Waals surface area (Å²) in [6.45, 7) is 0.445. The first kappa shape index (κ1) is 16.0. The fourth-order valence-electron chi connectivity index (χ4n) is 2.96. The van der Waals surface area contributed by atoms with Gasteiger partial charge in [-0.05, 0) is 30.5 Å². The molecule has 0 saturated heterocycles. The van der Waals surface area contributed by atoms with Gasteiger partial charge in [-0.3, -0.25) is 4.79 Å². The van der Waals surface area contributed by atoms with E-state index in [9.17, 15) is 4.79 Å². The zero-order chi connectivity index (χ0) is 16.1. The summed E-state index contributed by atoms with van der Waals surface area (Å²) in [5, 5.41) is 4.77. The Morgan fingerprint density at radius 2 is 2.00 bits per heavy atom. The highest BCUT2D eigenvalue weighted by Gasteiger charge is 2.26. The van der Waals surface area contributed by atoms with Gasteiger partial charge in [0.05, 0.1) is 12.5 Å². The summed E-state index contributed by atoms with van der Waals surface area (Å²) >= 11 is 5.95. The number of aromatic nitrogens is 3. The molecule has 122 valence electrons. The smallest absolute Gasteiger partial charge is 0.309 e. The van der Waals surface area contributed by atoms with Crippen molar-refractivity contribution in [1.29, 1.82) is 0 Å². The van der Waals surface area contributed by atoms with Crippen LogP contribution >= 0.6 is 11.6 Å². The molecule has 2 aromatic rings. The van der Waals surface area contributed by atoms with Gasteiger partial charge in [-0.15, -0.1) is 0 Å². The number of benzene rings is 1. The van der Waals surface area contributed by atoms with Crippen molar-refractivity contribution in [3.63, 3.8) is 0 Å². The molecule has 1 aromatic carbocycles. The van der Waals surface area contributed by atoms with Gasteiger partial charge in [0.2, 0.25) is 0 Å². The molecule has 0 bridgehead atoms. The summed E-state index contributed by atoms with van der Waals surface area (Å²) in [6.07, 6.45) is 7.99. The van der Waals surface area contributed by atoms with Crippen LogP contribution in [0.3, 0.4) is 0 Å². The number of carbonyl (C=O) groups excluding carboxylic acids is 1. The van der Waals surface area contributed by atoms with Crippen LogP contribution < -0.4 is 0 Å². The molecule has 1 aliphatic carbocycles. The van der Waals surface area contributed by atoms with E-state index in [4.69, 9.17) is 16.3 Å². The molecule has 1 aliphatic rings. The Morgan fingerprint density at radius 3 is 2.65 bits per heavy atom. The highest BCUT2D eigenvalue weighted by molar-refractivity contribution is 6.30. The van der Waals surface area contributed by atoms with Crippen molar-refractivity contribution in [2.24, 2.45) is 5.92 Å². The van der Waals surface area contributed by atoms with Crippen LogP contribution in [0.5, 0.6) is 0 Å². The summed E-state index contributed by atoms with van der Waals surface area (Å²) in [7, 11) is 0. The van der Waals surface area contributed by atoms with Gasteiger partial charge in [0.25, 0.3) is 0 Å². The molecule has 0 radical (unpaired) electrons. The molecule has 0 spiro atoms. The Kier molecular flexibility index (Phi) is 5.28.